The third-order valence-corrected chi connectivity index (χ3v) is 4.18. The minimum absolute atomic E-state index is 0.273. The Morgan fingerprint density at radius 3 is 2.67 bits per heavy atom. The fourth-order valence-electron chi connectivity index (χ4n) is 2.83. The van der Waals surface area contributed by atoms with Gasteiger partial charge in [-0.25, -0.2) is 9.48 Å². The Hall–Kier alpha value is -1.72. The van der Waals surface area contributed by atoms with E-state index < -0.39 is 5.60 Å². The van der Waals surface area contributed by atoms with E-state index in [-0.39, 0.29) is 6.09 Å². The summed E-state index contributed by atoms with van der Waals surface area (Å²) in [5.41, 5.74) is 7.79. The molecule has 0 radical (unpaired) electrons. The Bertz CT molecular complexity index is 555. The van der Waals surface area contributed by atoms with Gasteiger partial charge in [-0.3, -0.25) is 0 Å². The van der Waals surface area contributed by atoms with Gasteiger partial charge < -0.3 is 15.4 Å². The first-order valence-corrected chi connectivity index (χ1v) is 7.69. The van der Waals surface area contributed by atoms with Crippen LogP contribution in [0.2, 0.25) is 0 Å². The van der Waals surface area contributed by atoms with Gasteiger partial charge in [0.1, 0.15) is 11.4 Å². The zero-order valence-corrected chi connectivity index (χ0v) is 13.1. The Labute approximate surface area is 125 Å². The first-order valence-electron chi connectivity index (χ1n) is 7.69. The molecule has 0 unspecified atom stereocenters. The summed E-state index contributed by atoms with van der Waals surface area (Å²) >= 11 is 0. The molecule has 6 nitrogen and oxygen atoms in total. The molecule has 3 rings (SSSR count). The molecule has 0 atom stereocenters. The zero-order chi connectivity index (χ0) is 15.2. The van der Waals surface area contributed by atoms with Gasteiger partial charge in [-0.2, -0.15) is 5.10 Å². The van der Waals surface area contributed by atoms with Crippen molar-refractivity contribution in [3.05, 3.63) is 11.3 Å². The number of fused-ring (bicyclic) bond motifs is 1. The second kappa shape index (κ2) is 4.93. The van der Waals surface area contributed by atoms with Crippen molar-refractivity contribution in [2.75, 3.05) is 12.3 Å². The van der Waals surface area contributed by atoms with Crippen molar-refractivity contribution in [1.29, 1.82) is 0 Å². The number of rotatable bonds is 1. The normalized spacial score (nSPS) is 19.1. The van der Waals surface area contributed by atoms with Crippen molar-refractivity contribution in [2.45, 2.75) is 64.6 Å². The molecule has 1 amide bonds. The molecular weight excluding hydrogens is 268 g/mol. The standard InChI is InChI=1S/C15H24N4O2/c1-15(2,3)21-14(20)18-8-7-11-12(9-18)17-19(13(11)16)10-5-4-6-10/h10H,4-9,16H2,1-3H3. The molecule has 0 bridgehead atoms. The van der Waals surface area contributed by atoms with Crippen LogP contribution in [0.25, 0.3) is 0 Å². The zero-order valence-electron chi connectivity index (χ0n) is 13.1. The van der Waals surface area contributed by atoms with Gasteiger partial charge in [-0.05, 0) is 46.5 Å². The minimum Gasteiger partial charge on any atom is -0.444 e. The number of hydrogen-bond donors (Lipinski definition) is 1. The van der Waals surface area contributed by atoms with Crippen LogP contribution in [0.5, 0.6) is 0 Å². The first-order chi connectivity index (χ1) is 9.85. The maximum atomic E-state index is 12.2. The number of nitrogens with zero attached hydrogens (tertiary/aromatic N) is 3. The molecule has 2 N–H and O–H groups in total. The van der Waals surface area contributed by atoms with E-state index in [1.54, 1.807) is 4.90 Å². The van der Waals surface area contributed by atoms with Crippen LogP contribution in [0.3, 0.4) is 0 Å². The van der Waals surface area contributed by atoms with Crippen molar-refractivity contribution in [1.82, 2.24) is 14.7 Å². The lowest BCUT2D eigenvalue weighted by Gasteiger charge is -2.29. The van der Waals surface area contributed by atoms with Crippen LogP contribution in [-0.2, 0) is 17.7 Å². The maximum absolute atomic E-state index is 12.2. The van der Waals surface area contributed by atoms with Crippen molar-refractivity contribution in [2.24, 2.45) is 0 Å². The van der Waals surface area contributed by atoms with E-state index >= 15 is 0 Å². The number of amides is 1. The van der Waals surface area contributed by atoms with E-state index in [0.717, 1.165) is 36.3 Å². The van der Waals surface area contributed by atoms with Crippen LogP contribution in [-0.4, -0.2) is 32.9 Å². The van der Waals surface area contributed by atoms with Gasteiger partial charge in [0.2, 0.25) is 0 Å². The van der Waals surface area contributed by atoms with Crippen LogP contribution in [0.15, 0.2) is 0 Å². The summed E-state index contributed by atoms with van der Waals surface area (Å²) in [6.45, 7) is 6.77. The van der Waals surface area contributed by atoms with Crippen molar-refractivity contribution >= 4 is 11.9 Å². The molecule has 1 aromatic rings. The molecule has 1 saturated carbocycles. The van der Waals surface area contributed by atoms with Gasteiger partial charge in [0, 0.05) is 12.1 Å². The average Bonchev–Trinajstić information content (AvgIpc) is 2.62. The number of nitrogen functional groups attached to an aromatic ring is 1. The molecule has 0 spiro atoms. The smallest absolute Gasteiger partial charge is 0.410 e. The van der Waals surface area contributed by atoms with E-state index in [0.29, 0.717) is 19.1 Å². The Kier molecular flexibility index (Phi) is 3.34. The highest BCUT2D eigenvalue weighted by molar-refractivity contribution is 5.69. The molecule has 6 heteroatoms. The number of carbonyl (C=O) groups excluding carboxylic acids is 1. The predicted molar refractivity (Wildman–Crippen MR) is 79.9 cm³/mol. The fourth-order valence-corrected chi connectivity index (χ4v) is 2.83. The summed E-state index contributed by atoms with van der Waals surface area (Å²) in [6.07, 6.45) is 4.04. The van der Waals surface area contributed by atoms with Crippen LogP contribution in [0, 0.1) is 0 Å². The Morgan fingerprint density at radius 2 is 2.10 bits per heavy atom. The van der Waals surface area contributed by atoms with E-state index in [4.69, 9.17) is 10.5 Å². The van der Waals surface area contributed by atoms with Crippen molar-refractivity contribution in [3.63, 3.8) is 0 Å². The number of aromatic nitrogens is 2. The SMILES string of the molecule is CC(C)(C)OC(=O)N1CCc2c(nn(C3CCC3)c2N)C1. The second-order valence-corrected chi connectivity index (χ2v) is 6.99. The molecule has 1 fully saturated rings. The average molecular weight is 292 g/mol. The molecule has 1 aliphatic carbocycles. The number of ether oxygens (including phenoxy) is 1. The van der Waals surface area contributed by atoms with E-state index in [1.807, 2.05) is 25.5 Å². The van der Waals surface area contributed by atoms with Crippen LogP contribution < -0.4 is 5.73 Å². The number of anilines is 1. The third kappa shape index (κ3) is 2.71. The summed E-state index contributed by atoms with van der Waals surface area (Å²) in [7, 11) is 0. The summed E-state index contributed by atoms with van der Waals surface area (Å²) in [5.74, 6) is 0.790. The van der Waals surface area contributed by atoms with Crippen molar-refractivity contribution in [3.8, 4) is 0 Å². The second-order valence-electron chi connectivity index (χ2n) is 6.99. The largest absolute Gasteiger partial charge is 0.444 e. The molecule has 1 aliphatic heterocycles. The first kappa shape index (κ1) is 14.2. The summed E-state index contributed by atoms with van der Waals surface area (Å²) in [6, 6.07) is 0.450. The van der Waals surface area contributed by atoms with Gasteiger partial charge in [0.15, 0.2) is 0 Å². The van der Waals surface area contributed by atoms with Crippen LogP contribution in [0.1, 0.15) is 57.3 Å². The minimum atomic E-state index is -0.471. The summed E-state index contributed by atoms with van der Waals surface area (Å²) in [4.78, 5) is 13.9. The van der Waals surface area contributed by atoms with Gasteiger partial charge >= 0.3 is 6.09 Å². The number of carbonyl (C=O) groups is 1. The molecule has 0 aromatic carbocycles. The maximum Gasteiger partial charge on any atom is 0.410 e. The highest BCUT2D eigenvalue weighted by Gasteiger charge is 2.31. The fraction of sp³-hybridized carbons (Fsp3) is 0.733. The highest BCUT2D eigenvalue weighted by Crippen LogP contribution is 2.36. The molecular formula is C15H24N4O2. The lowest BCUT2D eigenvalue weighted by atomic mass is 9.93. The van der Waals surface area contributed by atoms with Gasteiger partial charge in [-0.15, -0.1) is 0 Å². The quantitative estimate of drug-likeness (QED) is 0.863. The van der Waals surface area contributed by atoms with E-state index in [2.05, 4.69) is 5.10 Å². The predicted octanol–water partition coefficient (Wildman–Crippen LogP) is 2.48. The monoisotopic (exact) mass is 292 g/mol. The van der Waals surface area contributed by atoms with Gasteiger partial charge in [0.05, 0.1) is 18.3 Å². The third-order valence-electron chi connectivity index (χ3n) is 4.18. The van der Waals surface area contributed by atoms with E-state index in [1.165, 1.54) is 6.42 Å². The number of hydrogen-bond acceptors (Lipinski definition) is 4. The summed E-state index contributed by atoms with van der Waals surface area (Å²) < 4.78 is 7.40. The van der Waals surface area contributed by atoms with Gasteiger partial charge in [0.25, 0.3) is 0 Å². The van der Waals surface area contributed by atoms with Crippen molar-refractivity contribution < 1.29 is 9.53 Å². The molecule has 2 aliphatic rings. The summed E-state index contributed by atoms with van der Waals surface area (Å²) in [5, 5.41) is 4.64. The van der Waals surface area contributed by atoms with Crippen LogP contribution in [0.4, 0.5) is 10.6 Å². The molecule has 0 saturated heterocycles. The van der Waals surface area contributed by atoms with Crippen LogP contribution >= 0.6 is 0 Å². The topological polar surface area (TPSA) is 73.4 Å². The lowest BCUT2D eigenvalue weighted by molar-refractivity contribution is 0.0221. The number of nitrogens with two attached hydrogens (primary N) is 1. The van der Waals surface area contributed by atoms with Gasteiger partial charge in [-0.1, -0.05) is 0 Å². The highest BCUT2D eigenvalue weighted by atomic mass is 16.6. The van der Waals surface area contributed by atoms with E-state index in [9.17, 15) is 4.79 Å². The Morgan fingerprint density at radius 1 is 1.38 bits per heavy atom. The molecule has 116 valence electrons. The molecule has 2 heterocycles. The lowest BCUT2D eigenvalue weighted by Crippen LogP contribution is -2.39. The molecule has 21 heavy (non-hydrogen) atoms. The molecule has 1 aromatic heterocycles. The Balaban J connectivity index is 1.75.